The maximum Gasteiger partial charge on any atom is 0.234 e. The number of thioether (sulfide) groups is 1. The molecular formula is C27H22N4O4S2. The van der Waals surface area contributed by atoms with Crippen LogP contribution < -0.4 is 5.32 Å². The van der Waals surface area contributed by atoms with Crippen LogP contribution in [0.1, 0.15) is 44.7 Å². The number of anilines is 1. The highest BCUT2D eigenvalue weighted by Gasteiger charge is 2.29. The minimum atomic E-state index is -0.246. The zero-order valence-corrected chi connectivity index (χ0v) is 21.3. The first-order chi connectivity index (χ1) is 18.1. The number of benzene rings is 2. The second kappa shape index (κ2) is 10.0. The first-order valence-electron chi connectivity index (χ1n) is 11.9. The summed E-state index contributed by atoms with van der Waals surface area (Å²) in [5.74, 6) is 0.224. The maximum atomic E-state index is 13.0. The van der Waals surface area contributed by atoms with Gasteiger partial charge in [-0.3, -0.25) is 19.0 Å². The highest BCUT2D eigenvalue weighted by Crippen LogP contribution is 2.31. The van der Waals surface area contributed by atoms with Gasteiger partial charge in [0.15, 0.2) is 22.5 Å². The number of carbonyl (C=O) groups excluding carboxylic acids is 3. The van der Waals surface area contributed by atoms with Crippen LogP contribution in [0.4, 0.5) is 5.69 Å². The molecule has 10 heteroatoms. The van der Waals surface area contributed by atoms with Crippen molar-refractivity contribution >= 4 is 46.3 Å². The van der Waals surface area contributed by atoms with Gasteiger partial charge in [0.05, 0.1) is 23.3 Å². The van der Waals surface area contributed by atoms with Crippen LogP contribution in [0.3, 0.4) is 0 Å². The van der Waals surface area contributed by atoms with Crippen LogP contribution in [0.25, 0.3) is 10.7 Å². The van der Waals surface area contributed by atoms with Gasteiger partial charge in [0.25, 0.3) is 0 Å². The van der Waals surface area contributed by atoms with E-state index in [-0.39, 0.29) is 29.3 Å². The van der Waals surface area contributed by atoms with Gasteiger partial charge in [-0.25, -0.2) is 0 Å². The van der Waals surface area contributed by atoms with Crippen LogP contribution in [-0.2, 0) is 16.1 Å². The summed E-state index contributed by atoms with van der Waals surface area (Å²) < 4.78 is 7.86. The number of nitrogens with zero attached hydrogens (tertiary/aromatic N) is 3. The normalized spacial score (nSPS) is 16.5. The van der Waals surface area contributed by atoms with Crippen molar-refractivity contribution in [2.75, 3.05) is 17.7 Å². The van der Waals surface area contributed by atoms with Crippen molar-refractivity contribution in [2.45, 2.75) is 30.6 Å². The highest BCUT2D eigenvalue weighted by molar-refractivity contribution is 7.99. The Bertz CT molecular complexity index is 1510. The molecule has 1 amide bonds. The number of fused-ring (bicyclic) bond motifs is 2. The molecule has 1 aliphatic heterocycles. The largest absolute Gasteiger partial charge is 0.376 e. The van der Waals surface area contributed by atoms with E-state index in [2.05, 4.69) is 15.5 Å². The topological polar surface area (TPSA) is 103 Å². The van der Waals surface area contributed by atoms with Crippen LogP contribution in [0.15, 0.2) is 65.1 Å². The van der Waals surface area contributed by atoms with Crippen LogP contribution in [0.5, 0.6) is 0 Å². The third-order valence-electron chi connectivity index (χ3n) is 6.41. The van der Waals surface area contributed by atoms with Gasteiger partial charge >= 0.3 is 0 Å². The Morgan fingerprint density at radius 3 is 2.54 bits per heavy atom. The summed E-state index contributed by atoms with van der Waals surface area (Å²) in [6.07, 6.45) is 2.12. The summed E-state index contributed by atoms with van der Waals surface area (Å²) in [7, 11) is 0. The monoisotopic (exact) mass is 530 g/mol. The average Bonchev–Trinajstić information content (AvgIpc) is 3.69. The van der Waals surface area contributed by atoms with E-state index in [0.29, 0.717) is 39.6 Å². The number of rotatable bonds is 7. The lowest BCUT2D eigenvalue weighted by atomic mass is 9.84. The van der Waals surface area contributed by atoms with Crippen molar-refractivity contribution in [1.82, 2.24) is 14.8 Å². The molecule has 0 saturated carbocycles. The predicted molar refractivity (Wildman–Crippen MR) is 141 cm³/mol. The first-order valence-corrected chi connectivity index (χ1v) is 13.8. The average molecular weight is 531 g/mol. The zero-order valence-electron chi connectivity index (χ0n) is 19.7. The van der Waals surface area contributed by atoms with Gasteiger partial charge in [-0.1, -0.05) is 42.1 Å². The molecule has 0 spiro atoms. The van der Waals surface area contributed by atoms with E-state index in [4.69, 9.17) is 4.74 Å². The lowest BCUT2D eigenvalue weighted by molar-refractivity contribution is -0.113. The van der Waals surface area contributed by atoms with Crippen LogP contribution >= 0.6 is 23.1 Å². The van der Waals surface area contributed by atoms with E-state index in [9.17, 15) is 14.4 Å². The maximum absolute atomic E-state index is 13.0. The number of nitrogens with one attached hydrogen (secondary N) is 1. The molecule has 2 aliphatic rings. The molecule has 0 bridgehead atoms. The number of amides is 1. The summed E-state index contributed by atoms with van der Waals surface area (Å²) in [6.45, 7) is 1.39. The number of carbonyl (C=O) groups is 3. The minimum absolute atomic E-state index is 0.101. The van der Waals surface area contributed by atoms with Crippen LogP contribution in [0.2, 0.25) is 0 Å². The molecule has 0 unspecified atom stereocenters. The Morgan fingerprint density at radius 1 is 1.03 bits per heavy atom. The molecule has 4 aromatic rings. The molecule has 1 saturated heterocycles. The van der Waals surface area contributed by atoms with Gasteiger partial charge in [-0.2, -0.15) is 0 Å². The fourth-order valence-corrected chi connectivity index (χ4v) is 6.11. The number of hydrogen-bond donors (Lipinski definition) is 1. The van der Waals surface area contributed by atoms with Gasteiger partial charge in [-0.05, 0) is 42.5 Å². The van der Waals surface area contributed by atoms with Crippen molar-refractivity contribution in [1.29, 1.82) is 0 Å². The number of aromatic nitrogens is 3. The van der Waals surface area contributed by atoms with Crippen LogP contribution in [-0.4, -0.2) is 50.7 Å². The van der Waals surface area contributed by atoms with Crippen molar-refractivity contribution in [3.8, 4) is 10.7 Å². The molecule has 186 valence electrons. The molecule has 3 heterocycles. The zero-order chi connectivity index (χ0) is 25.4. The molecule has 1 aliphatic carbocycles. The van der Waals surface area contributed by atoms with Crippen LogP contribution in [0, 0.1) is 0 Å². The molecule has 1 fully saturated rings. The standard InChI is InChI=1S/C27H22N4O4S2/c32-23(28-16-9-10-20-21(13-16)25(34)19-7-2-1-6-18(19)24(20)33)15-37-27-30-29-26(22-8-4-12-36-22)31(27)14-17-5-3-11-35-17/h1-2,4,6-10,12-13,17H,3,5,11,14-15H2,(H,28,32)/t17-/m0/s1. The second-order valence-electron chi connectivity index (χ2n) is 8.83. The summed E-state index contributed by atoms with van der Waals surface area (Å²) in [5, 5.41) is 14.2. The molecule has 37 heavy (non-hydrogen) atoms. The van der Waals surface area contributed by atoms with Gasteiger partial charge in [0.1, 0.15) is 0 Å². The number of ether oxygens (including phenoxy) is 1. The quantitative estimate of drug-likeness (QED) is 0.305. The van der Waals surface area contributed by atoms with Gasteiger partial charge in [-0.15, -0.1) is 21.5 Å². The molecule has 8 nitrogen and oxygen atoms in total. The van der Waals surface area contributed by atoms with Crippen molar-refractivity contribution in [3.63, 3.8) is 0 Å². The molecule has 1 atom stereocenters. The molecule has 1 N–H and O–H groups in total. The van der Waals surface area contributed by atoms with E-state index in [1.54, 1.807) is 53.8 Å². The van der Waals surface area contributed by atoms with Gasteiger partial charge < -0.3 is 10.1 Å². The summed E-state index contributed by atoms with van der Waals surface area (Å²) in [6, 6.07) is 15.6. The van der Waals surface area contributed by atoms with Crippen molar-refractivity contribution < 1.29 is 19.1 Å². The number of ketones is 2. The fraction of sp³-hybridized carbons (Fsp3) is 0.222. The lowest BCUT2D eigenvalue weighted by Gasteiger charge is -2.18. The number of thiophene rings is 1. The Labute approximate surface area is 221 Å². The second-order valence-corrected chi connectivity index (χ2v) is 10.7. The van der Waals surface area contributed by atoms with Gasteiger partial charge in [0, 0.05) is 34.5 Å². The van der Waals surface area contributed by atoms with Gasteiger partial charge in [0.2, 0.25) is 5.91 Å². The summed E-state index contributed by atoms with van der Waals surface area (Å²) in [4.78, 5) is 39.6. The Kier molecular flexibility index (Phi) is 6.45. The predicted octanol–water partition coefficient (Wildman–Crippen LogP) is 4.69. The molecule has 2 aromatic heterocycles. The fourth-order valence-electron chi connectivity index (χ4n) is 4.64. The SMILES string of the molecule is O=C(CSc1nnc(-c2cccs2)n1C[C@@H]1CCCO1)Nc1ccc2c(c1)C(=O)c1ccccc1C2=O. The smallest absolute Gasteiger partial charge is 0.234 e. The third kappa shape index (κ3) is 4.63. The van der Waals surface area contributed by atoms with Crippen molar-refractivity contribution in [3.05, 3.63) is 82.2 Å². The highest BCUT2D eigenvalue weighted by atomic mass is 32.2. The summed E-state index contributed by atoms with van der Waals surface area (Å²) in [5.41, 5.74) is 1.89. The van der Waals surface area contributed by atoms with E-state index < -0.39 is 0 Å². The minimum Gasteiger partial charge on any atom is -0.376 e. The molecule has 0 radical (unpaired) electrons. The van der Waals surface area contributed by atoms with Crippen molar-refractivity contribution in [2.24, 2.45) is 0 Å². The van der Waals surface area contributed by atoms with E-state index in [1.165, 1.54) is 11.8 Å². The Balaban J connectivity index is 1.17. The summed E-state index contributed by atoms with van der Waals surface area (Å²) >= 11 is 2.89. The Hall–Kier alpha value is -3.60. The Morgan fingerprint density at radius 2 is 1.81 bits per heavy atom. The lowest BCUT2D eigenvalue weighted by Crippen LogP contribution is -2.22. The molecule has 2 aromatic carbocycles. The van der Waals surface area contributed by atoms with E-state index >= 15 is 0 Å². The number of hydrogen-bond acceptors (Lipinski definition) is 8. The molecule has 6 rings (SSSR count). The first kappa shape index (κ1) is 23.8. The van der Waals surface area contributed by atoms with E-state index in [1.807, 2.05) is 22.1 Å². The van der Waals surface area contributed by atoms with E-state index in [0.717, 1.165) is 30.2 Å². The third-order valence-corrected chi connectivity index (χ3v) is 8.24. The molecular weight excluding hydrogens is 508 g/mol.